The van der Waals surface area contributed by atoms with Crippen molar-refractivity contribution in [2.45, 2.75) is 18.9 Å². The van der Waals surface area contributed by atoms with Crippen LogP contribution in [0.1, 0.15) is 23.2 Å². The van der Waals surface area contributed by atoms with Gasteiger partial charge in [0, 0.05) is 23.8 Å². The first-order valence-electron chi connectivity index (χ1n) is 10.4. The van der Waals surface area contributed by atoms with Crippen LogP contribution in [-0.2, 0) is 4.74 Å². The van der Waals surface area contributed by atoms with Crippen molar-refractivity contribution < 1.29 is 23.5 Å². The fourth-order valence-corrected chi connectivity index (χ4v) is 4.50. The van der Waals surface area contributed by atoms with Crippen molar-refractivity contribution in [3.63, 3.8) is 0 Å². The summed E-state index contributed by atoms with van der Waals surface area (Å²) in [4.78, 5) is 47.0. The second-order valence-corrected chi connectivity index (χ2v) is 8.54. The smallest absolute Gasteiger partial charge is 0.341 e. The summed E-state index contributed by atoms with van der Waals surface area (Å²) < 4.78 is 19.0. The Hall–Kier alpha value is -4.06. The maximum atomic E-state index is 13.4. The summed E-state index contributed by atoms with van der Waals surface area (Å²) >= 11 is 1.14. The molecule has 0 aliphatic carbocycles. The predicted octanol–water partition coefficient (Wildman–Crippen LogP) is 3.69. The Bertz CT molecular complexity index is 1190. The van der Waals surface area contributed by atoms with Gasteiger partial charge in [-0.2, -0.15) is 0 Å². The molecule has 1 atom stereocenters. The first-order chi connectivity index (χ1) is 16.4. The standard InChI is InChI=1S/C22H21FN6O4S/c23-14-5-3-13(4-6-14)17-10-16(20(30)33-15-2-1-9-29(12-15)21(24)31)19(34-17)28-22(32)27-18-11-25-7-8-26-18/h3-8,10-11,15H,1-2,9,12H2,(H2,24,31)(H2,26,27,28,32). The molecule has 1 aliphatic heterocycles. The summed E-state index contributed by atoms with van der Waals surface area (Å²) in [5, 5.41) is 5.43. The molecule has 1 fully saturated rings. The lowest BCUT2D eigenvalue weighted by molar-refractivity contribution is 0.0129. The SMILES string of the molecule is NC(=O)N1CCCC(OC(=O)c2cc(-c3ccc(F)cc3)sc2NC(=O)Nc2cnccn2)C1. The number of nitrogens with zero attached hydrogens (tertiary/aromatic N) is 3. The zero-order valence-electron chi connectivity index (χ0n) is 17.9. The zero-order valence-corrected chi connectivity index (χ0v) is 18.7. The van der Waals surface area contributed by atoms with Crippen LogP contribution in [0, 0.1) is 5.82 Å². The monoisotopic (exact) mass is 484 g/mol. The molecular weight excluding hydrogens is 463 g/mol. The van der Waals surface area contributed by atoms with Gasteiger partial charge in [0.05, 0.1) is 18.3 Å². The first kappa shape index (κ1) is 23.1. The fraction of sp³-hybridized carbons (Fsp3) is 0.227. The summed E-state index contributed by atoms with van der Waals surface area (Å²) in [6.07, 6.45) is 4.98. The predicted molar refractivity (Wildman–Crippen MR) is 124 cm³/mol. The summed E-state index contributed by atoms with van der Waals surface area (Å²) in [6.45, 7) is 0.706. The average Bonchev–Trinajstić information content (AvgIpc) is 3.24. The van der Waals surface area contributed by atoms with Gasteiger partial charge >= 0.3 is 18.0 Å². The molecule has 4 rings (SSSR count). The van der Waals surface area contributed by atoms with E-state index in [2.05, 4.69) is 20.6 Å². The highest BCUT2D eigenvalue weighted by Crippen LogP contribution is 2.36. The van der Waals surface area contributed by atoms with Crippen molar-refractivity contribution in [1.82, 2.24) is 14.9 Å². The third-order valence-corrected chi connectivity index (χ3v) is 6.18. The molecular formula is C22H21FN6O4S. The number of hydrogen-bond acceptors (Lipinski definition) is 7. The van der Waals surface area contributed by atoms with Crippen LogP contribution in [0.3, 0.4) is 0 Å². The van der Waals surface area contributed by atoms with Crippen molar-refractivity contribution in [3.05, 3.63) is 60.3 Å². The number of nitrogens with two attached hydrogens (primary N) is 1. The Morgan fingerprint density at radius 3 is 2.68 bits per heavy atom. The quantitative estimate of drug-likeness (QED) is 0.472. The van der Waals surface area contributed by atoms with Crippen LogP contribution >= 0.6 is 11.3 Å². The summed E-state index contributed by atoms with van der Waals surface area (Å²) in [5.74, 6) is -0.818. The molecule has 1 unspecified atom stereocenters. The number of primary amides is 1. The number of amides is 4. The van der Waals surface area contributed by atoms with Crippen molar-refractivity contribution in [3.8, 4) is 10.4 Å². The Morgan fingerprint density at radius 2 is 1.97 bits per heavy atom. The van der Waals surface area contributed by atoms with E-state index < -0.39 is 30.0 Å². The van der Waals surface area contributed by atoms with Crippen LogP contribution in [0.2, 0.25) is 0 Å². The number of ether oxygens (including phenoxy) is 1. The Kier molecular flexibility index (Phi) is 6.97. The minimum absolute atomic E-state index is 0.134. The molecule has 0 bridgehead atoms. The number of nitrogens with one attached hydrogen (secondary N) is 2. The molecule has 176 valence electrons. The van der Waals surface area contributed by atoms with E-state index in [1.54, 1.807) is 18.2 Å². The van der Waals surface area contributed by atoms with E-state index in [4.69, 9.17) is 10.5 Å². The summed E-state index contributed by atoms with van der Waals surface area (Å²) in [7, 11) is 0. The number of likely N-dealkylation sites (tertiary alicyclic amines) is 1. The maximum absolute atomic E-state index is 13.4. The molecule has 4 N–H and O–H groups in total. The number of piperidine rings is 1. The molecule has 3 heterocycles. The normalized spacial score (nSPS) is 15.4. The minimum atomic E-state index is -0.657. The van der Waals surface area contributed by atoms with Gasteiger partial charge in [-0.25, -0.2) is 23.8 Å². The molecule has 1 aromatic carbocycles. The van der Waals surface area contributed by atoms with Crippen molar-refractivity contribution in [2.75, 3.05) is 23.7 Å². The fourth-order valence-electron chi connectivity index (χ4n) is 3.46. The molecule has 0 saturated carbocycles. The highest BCUT2D eigenvalue weighted by atomic mass is 32.1. The van der Waals surface area contributed by atoms with Gasteiger partial charge in [-0.15, -0.1) is 11.3 Å². The van der Waals surface area contributed by atoms with Crippen LogP contribution < -0.4 is 16.4 Å². The van der Waals surface area contributed by atoms with Crippen molar-refractivity contribution in [1.29, 1.82) is 0 Å². The molecule has 3 aromatic rings. The third kappa shape index (κ3) is 5.64. The third-order valence-electron chi connectivity index (χ3n) is 5.08. The number of carbonyl (C=O) groups is 3. The summed E-state index contributed by atoms with van der Waals surface area (Å²) in [5.41, 5.74) is 6.15. The van der Waals surface area contributed by atoms with Gasteiger partial charge in [0.25, 0.3) is 0 Å². The highest BCUT2D eigenvalue weighted by molar-refractivity contribution is 7.20. The number of rotatable bonds is 5. The number of benzene rings is 1. The van der Waals surface area contributed by atoms with E-state index >= 15 is 0 Å². The van der Waals surface area contributed by atoms with Gasteiger partial charge in [0.1, 0.15) is 16.9 Å². The molecule has 1 saturated heterocycles. The Morgan fingerprint density at radius 1 is 1.18 bits per heavy atom. The molecule has 34 heavy (non-hydrogen) atoms. The second kappa shape index (κ2) is 10.3. The van der Waals surface area contributed by atoms with E-state index in [9.17, 15) is 18.8 Å². The lowest BCUT2D eigenvalue weighted by Gasteiger charge is -2.31. The minimum Gasteiger partial charge on any atom is -0.457 e. The lowest BCUT2D eigenvalue weighted by atomic mass is 10.1. The van der Waals surface area contributed by atoms with Gasteiger partial charge < -0.3 is 15.4 Å². The average molecular weight is 485 g/mol. The molecule has 12 heteroatoms. The number of anilines is 2. The molecule has 0 radical (unpaired) electrons. The molecule has 2 aromatic heterocycles. The van der Waals surface area contributed by atoms with Crippen LogP contribution in [0.4, 0.5) is 24.8 Å². The van der Waals surface area contributed by atoms with Gasteiger partial charge in [0.2, 0.25) is 0 Å². The number of aromatic nitrogens is 2. The van der Waals surface area contributed by atoms with Gasteiger partial charge in [-0.1, -0.05) is 12.1 Å². The maximum Gasteiger partial charge on any atom is 0.341 e. The lowest BCUT2D eigenvalue weighted by Crippen LogP contribution is -2.46. The molecule has 4 amide bonds. The number of thiophene rings is 1. The van der Waals surface area contributed by atoms with E-state index in [1.807, 2.05) is 0 Å². The number of urea groups is 2. The Labute approximate surface area is 198 Å². The van der Waals surface area contributed by atoms with Gasteiger partial charge in [0.15, 0.2) is 5.82 Å². The van der Waals surface area contributed by atoms with Crippen LogP contribution in [-0.4, -0.2) is 52.1 Å². The topological polar surface area (TPSA) is 140 Å². The van der Waals surface area contributed by atoms with Crippen LogP contribution in [0.5, 0.6) is 0 Å². The number of carbonyl (C=O) groups excluding carboxylic acids is 3. The van der Waals surface area contributed by atoms with Crippen molar-refractivity contribution >= 4 is 40.2 Å². The Balaban J connectivity index is 1.56. The van der Waals surface area contributed by atoms with E-state index in [0.717, 1.165) is 11.3 Å². The molecule has 1 aliphatic rings. The van der Waals surface area contributed by atoms with Gasteiger partial charge in [-0.3, -0.25) is 15.6 Å². The van der Waals surface area contributed by atoms with E-state index in [0.29, 0.717) is 29.8 Å². The molecule has 10 nitrogen and oxygen atoms in total. The number of hydrogen-bond donors (Lipinski definition) is 3. The largest absolute Gasteiger partial charge is 0.457 e. The first-order valence-corrected chi connectivity index (χ1v) is 11.2. The summed E-state index contributed by atoms with van der Waals surface area (Å²) in [6, 6.07) is 6.14. The van der Waals surface area contributed by atoms with E-state index in [1.165, 1.54) is 35.6 Å². The van der Waals surface area contributed by atoms with Crippen molar-refractivity contribution in [2.24, 2.45) is 5.73 Å². The number of halogens is 1. The molecule has 0 spiro atoms. The second-order valence-electron chi connectivity index (χ2n) is 7.48. The zero-order chi connectivity index (χ0) is 24.1. The highest BCUT2D eigenvalue weighted by Gasteiger charge is 2.28. The van der Waals surface area contributed by atoms with E-state index in [-0.39, 0.29) is 22.9 Å². The van der Waals surface area contributed by atoms with Crippen LogP contribution in [0.25, 0.3) is 10.4 Å². The van der Waals surface area contributed by atoms with Gasteiger partial charge in [-0.05, 0) is 36.6 Å². The number of esters is 1. The van der Waals surface area contributed by atoms with Crippen LogP contribution in [0.15, 0.2) is 48.9 Å².